The Kier molecular flexibility index (Phi) is 2.21. The molecule has 1 rings (SSSR count). The second-order valence-electron chi connectivity index (χ2n) is 1.94. The summed E-state index contributed by atoms with van der Waals surface area (Å²) in [7, 11) is 1.46. The lowest BCUT2D eigenvalue weighted by Gasteiger charge is -2.02. The van der Waals surface area contributed by atoms with E-state index in [9.17, 15) is 4.39 Å². The van der Waals surface area contributed by atoms with Crippen LogP contribution in [0.2, 0.25) is 0 Å². The van der Waals surface area contributed by atoms with E-state index in [1.165, 1.54) is 19.4 Å². The third-order valence-electron chi connectivity index (χ3n) is 1.33. The van der Waals surface area contributed by atoms with E-state index in [0.29, 0.717) is 11.3 Å². The van der Waals surface area contributed by atoms with Gasteiger partial charge in [0.2, 0.25) is 0 Å². The lowest BCUT2D eigenvalue weighted by atomic mass is 10.2. The highest BCUT2D eigenvalue weighted by Crippen LogP contribution is 2.19. The van der Waals surface area contributed by atoms with E-state index in [-0.39, 0.29) is 0 Å². The largest absolute Gasteiger partial charge is 0.494 e. The summed E-state index contributed by atoms with van der Waals surface area (Å²) in [4.78, 5) is 3.62. The van der Waals surface area contributed by atoms with Crippen molar-refractivity contribution in [2.75, 3.05) is 7.11 Å². The molecule has 1 heterocycles. The smallest absolute Gasteiger partial charge is 0.152 e. The van der Waals surface area contributed by atoms with Crippen LogP contribution in [-0.2, 0) is 0 Å². The zero-order chi connectivity index (χ0) is 8.27. The van der Waals surface area contributed by atoms with E-state index >= 15 is 0 Å². The van der Waals surface area contributed by atoms with Gasteiger partial charge in [-0.1, -0.05) is 12.7 Å². The minimum atomic E-state index is -0.417. The van der Waals surface area contributed by atoms with Crippen molar-refractivity contribution in [3.05, 3.63) is 30.4 Å². The average molecular weight is 153 g/mol. The summed E-state index contributed by atoms with van der Waals surface area (Å²) in [5.41, 5.74) is 0.350. The molecule has 0 saturated heterocycles. The molecule has 0 amide bonds. The van der Waals surface area contributed by atoms with Crippen molar-refractivity contribution in [1.29, 1.82) is 0 Å². The molecule has 0 aliphatic rings. The highest BCUT2D eigenvalue weighted by molar-refractivity contribution is 5.54. The van der Waals surface area contributed by atoms with Crippen LogP contribution in [0, 0.1) is 5.82 Å². The van der Waals surface area contributed by atoms with Gasteiger partial charge in [0.15, 0.2) is 5.82 Å². The monoisotopic (exact) mass is 153 g/mol. The number of methoxy groups -OCH3 is 1. The first-order valence-electron chi connectivity index (χ1n) is 3.09. The van der Waals surface area contributed by atoms with Gasteiger partial charge in [-0.25, -0.2) is 4.39 Å². The molecule has 58 valence electrons. The quantitative estimate of drug-likeness (QED) is 0.647. The number of hydrogen-bond acceptors (Lipinski definition) is 2. The van der Waals surface area contributed by atoms with E-state index in [1.807, 2.05) is 0 Å². The molecular weight excluding hydrogens is 145 g/mol. The summed E-state index contributed by atoms with van der Waals surface area (Å²) in [6.45, 7) is 3.45. The van der Waals surface area contributed by atoms with E-state index < -0.39 is 5.82 Å². The molecular formula is C8H8FNO. The Labute approximate surface area is 64.3 Å². The standard InChI is InChI=1S/C8H8FNO/c1-3-6-7(9)4-10-5-8(6)11-2/h3-5H,1H2,2H3. The summed E-state index contributed by atoms with van der Waals surface area (Å²) in [5, 5.41) is 0. The van der Waals surface area contributed by atoms with Crippen LogP contribution in [-0.4, -0.2) is 12.1 Å². The molecule has 0 radical (unpaired) electrons. The summed E-state index contributed by atoms with van der Waals surface area (Å²) in [6, 6.07) is 0. The van der Waals surface area contributed by atoms with Crippen molar-refractivity contribution in [3.63, 3.8) is 0 Å². The molecule has 1 aromatic heterocycles. The molecule has 0 aliphatic heterocycles. The number of hydrogen-bond donors (Lipinski definition) is 0. The van der Waals surface area contributed by atoms with Crippen LogP contribution in [0.5, 0.6) is 5.75 Å². The molecule has 11 heavy (non-hydrogen) atoms. The SMILES string of the molecule is C=Cc1c(F)cncc1OC. The Balaban J connectivity index is 3.24. The number of ether oxygens (including phenoxy) is 1. The second kappa shape index (κ2) is 3.14. The Morgan fingerprint density at radius 2 is 2.36 bits per heavy atom. The van der Waals surface area contributed by atoms with Gasteiger partial charge in [-0.15, -0.1) is 0 Å². The first-order valence-corrected chi connectivity index (χ1v) is 3.09. The summed E-state index contributed by atoms with van der Waals surface area (Å²) >= 11 is 0. The summed E-state index contributed by atoms with van der Waals surface area (Å²) in [5.74, 6) is -0.0145. The van der Waals surface area contributed by atoms with E-state index in [2.05, 4.69) is 11.6 Å². The minimum absolute atomic E-state index is 0.350. The van der Waals surface area contributed by atoms with E-state index in [0.717, 1.165) is 6.20 Å². The molecule has 3 heteroatoms. The molecule has 0 aliphatic carbocycles. The maximum absolute atomic E-state index is 12.8. The Hall–Kier alpha value is -1.38. The zero-order valence-corrected chi connectivity index (χ0v) is 6.17. The number of aromatic nitrogens is 1. The summed E-state index contributed by atoms with van der Waals surface area (Å²) < 4.78 is 17.7. The number of pyridine rings is 1. The maximum Gasteiger partial charge on any atom is 0.152 e. The average Bonchev–Trinajstić information content (AvgIpc) is 2.04. The van der Waals surface area contributed by atoms with Crippen LogP contribution >= 0.6 is 0 Å². The second-order valence-corrected chi connectivity index (χ2v) is 1.94. The van der Waals surface area contributed by atoms with Crippen molar-refractivity contribution in [2.45, 2.75) is 0 Å². The molecule has 0 bridgehead atoms. The number of nitrogens with zero attached hydrogens (tertiary/aromatic N) is 1. The maximum atomic E-state index is 12.8. The van der Waals surface area contributed by atoms with Crippen LogP contribution in [0.25, 0.3) is 6.08 Å². The fraction of sp³-hybridized carbons (Fsp3) is 0.125. The van der Waals surface area contributed by atoms with Crippen LogP contribution in [0.4, 0.5) is 4.39 Å². The molecule has 0 saturated carbocycles. The van der Waals surface area contributed by atoms with Gasteiger partial charge in [0.05, 0.1) is 25.1 Å². The predicted molar refractivity (Wildman–Crippen MR) is 40.8 cm³/mol. The van der Waals surface area contributed by atoms with Gasteiger partial charge in [-0.2, -0.15) is 0 Å². The lowest BCUT2D eigenvalue weighted by Crippen LogP contribution is -1.91. The molecule has 1 aromatic rings. The lowest BCUT2D eigenvalue weighted by molar-refractivity contribution is 0.407. The van der Waals surface area contributed by atoms with Crippen LogP contribution in [0.15, 0.2) is 19.0 Å². The van der Waals surface area contributed by atoms with Gasteiger partial charge in [0, 0.05) is 0 Å². The topological polar surface area (TPSA) is 22.1 Å². The normalized spacial score (nSPS) is 9.27. The van der Waals surface area contributed by atoms with Crippen molar-refractivity contribution >= 4 is 6.08 Å². The van der Waals surface area contributed by atoms with Crippen LogP contribution < -0.4 is 4.74 Å². The van der Waals surface area contributed by atoms with Crippen LogP contribution in [0.3, 0.4) is 0 Å². The third kappa shape index (κ3) is 1.37. The first kappa shape index (κ1) is 7.72. The van der Waals surface area contributed by atoms with E-state index in [4.69, 9.17) is 4.74 Å². The van der Waals surface area contributed by atoms with Crippen molar-refractivity contribution < 1.29 is 9.13 Å². The Morgan fingerprint density at radius 3 is 2.82 bits per heavy atom. The van der Waals surface area contributed by atoms with Gasteiger partial charge in [0.1, 0.15) is 5.75 Å². The minimum Gasteiger partial charge on any atom is -0.494 e. The van der Waals surface area contributed by atoms with Gasteiger partial charge < -0.3 is 4.74 Å². The fourth-order valence-corrected chi connectivity index (χ4v) is 0.788. The highest BCUT2D eigenvalue weighted by Gasteiger charge is 2.04. The number of halogens is 1. The Morgan fingerprint density at radius 1 is 1.64 bits per heavy atom. The van der Waals surface area contributed by atoms with Crippen molar-refractivity contribution in [1.82, 2.24) is 4.98 Å². The van der Waals surface area contributed by atoms with Crippen molar-refractivity contribution in [3.8, 4) is 5.75 Å². The predicted octanol–water partition coefficient (Wildman–Crippen LogP) is 1.87. The molecule has 0 fully saturated rings. The third-order valence-corrected chi connectivity index (χ3v) is 1.33. The molecule has 2 nitrogen and oxygen atoms in total. The van der Waals surface area contributed by atoms with Gasteiger partial charge in [-0.3, -0.25) is 4.98 Å². The first-order chi connectivity index (χ1) is 5.29. The molecule has 0 atom stereocenters. The van der Waals surface area contributed by atoms with Crippen LogP contribution in [0.1, 0.15) is 5.56 Å². The van der Waals surface area contributed by atoms with Crippen molar-refractivity contribution in [2.24, 2.45) is 0 Å². The van der Waals surface area contributed by atoms with Gasteiger partial charge >= 0.3 is 0 Å². The fourth-order valence-electron chi connectivity index (χ4n) is 0.788. The zero-order valence-electron chi connectivity index (χ0n) is 6.17. The van der Waals surface area contributed by atoms with E-state index in [1.54, 1.807) is 0 Å². The molecule has 0 spiro atoms. The highest BCUT2D eigenvalue weighted by atomic mass is 19.1. The summed E-state index contributed by atoms with van der Waals surface area (Å²) in [6.07, 6.45) is 3.97. The van der Waals surface area contributed by atoms with Gasteiger partial charge in [-0.05, 0) is 0 Å². The van der Waals surface area contributed by atoms with Gasteiger partial charge in [0.25, 0.3) is 0 Å². The molecule has 0 unspecified atom stereocenters. The Bertz CT molecular complexity index is 273. The molecule has 0 N–H and O–H groups in total. The number of rotatable bonds is 2. The molecule has 0 aromatic carbocycles.